The van der Waals surface area contributed by atoms with E-state index in [0.29, 0.717) is 39.4 Å². The molecule has 7 nitrogen and oxygen atoms in total. The van der Waals surface area contributed by atoms with E-state index < -0.39 is 5.91 Å². The molecule has 1 aromatic carbocycles. The van der Waals surface area contributed by atoms with Crippen molar-refractivity contribution in [2.75, 3.05) is 7.11 Å². The van der Waals surface area contributed by atoms with E-state index >= 15 is 0 Å². The number of primary amides is 1. The molecule has 2 heterocycles. The first kappa shape index (κ1) is 19.8. The minimum atomic E-state index is -0.575. The summed E-state index contributed by atoms with van der Waals surface area (Å²) in [5.74, 6) is -0.407. The minimum Gasteiger partial charge on any atom is -0.469 e. The van der Waals surface area contributed by atoms with Crippen LogP contribution in [0.5, 0.6) is 0 Å². The molecule has 0 fully saturated rings. The predicted molar refractivity (Wildman–Crippen MR) is 109 cm³/mol. The van der Waals surface area contributed by atoms with Crippen molar-refractivity contribution in [1.29, 1.82) is 0 Å². The summed E-state index contributed by atoms with van der Waals surface area (Å²) in [4.78, 5) is 41.9. The van der Waals surface area contributed by atoms with Gasteiger partial charge in [0.25, 0.3) is 11.5 Å². The molecule has 0 atom stereocenters. The van der Waals surface area contributed by atoms with Gasteiger partial charge in [0.2, 0.25) is 0 Å². The van der Waals surface area contributed by atoms with Crippen LogP contribution >= 0.6 is 11.3 Å². The monoisotopic (exact) mass is 399 g/mol. The number of esters is 1. The molecule has 146 valence electrons. The lowest BCUT2D eigenvalue weighted by Gasteiger charge is -2.13. The van der Waals surface area contributed by atoms with Gasteiger partial charge in [-0.15, -0.1) is 11.3 Å². The highest BCUT2D eigenvalue weighted by Crippen LogP contribution is 2.29. The average molecular weight is 399 g/mol. The number of carbonyl (C=O) groups excluding carboxylic acids is 2. The number of aromatic nitrogens is 2. The van der Waals surface area contributed by atoms with Crippen LogP contribution in [0.3, 0.4) is 0 Å². The summed E-state index contributed by atoms with van der Waals surface area (Å²) in [7, 11) is 1.33. The van der Waals surface area contributed by atoms with E-state index in [-0.39, 0.29) is 17.9 Å². The Morgan fingerprint density at radius 3 is 2.50 bits per heavy atom. The normalized spacial score (nSPS) is 11.0. The summed E-state index contributed by atoms with van der Waals surface area (Å²) < 4.78 is 6.23. The van der Waals surface area contributed by atoms with Gasteiger partial charge in [-0.05, 0) is 25.8 Å². The number of amides is 1. The highest BCUT2D eigenvalue weighted by Gasteiger charge is 2.21. The molecule has 0 spiro atoms. The Kier molecular flexibility index (Phi) is 5.60. The van der Waals surface area contributed by atoms with Gasteiger partial charge in [-0.1, -0.05) is 29.8 Å². The molecule has 0 aliphatic carbocycles. The molecule has 0 bridgehead atoms. The zero-order valence-corrected chi connectivity index (χ0v) is 16.8. The summed E-state index contributed by atoms with van der Waals surface area (Å²) in [5.41, 5.74) is 7.62. The van der Waals surface area contributed by atoms with Crippen molar-refractivity contribution >= 4 is 33.4 Å². The number of hydrogen-bond donors (Lipinski definition) is 1. The van der Waals surface area contributed by atoms with E-state index in [1.807, 2.05) is 31.2 Å². The fraction of sp³-hybridized carbons (Fsp3) is 0.300. The van der Waals surface area contributed by atoms with Gasteiger partial charge < -0.3 is 10.5 Å². The van der Waals surface area contributed by atoms with Gasteiger partial charge in [-0.3, -0.25) is 19.0 Å². The maximum Gasteiger partial charge on any atom is 0.305 e. The summed E-state index contributed by atoms with van der Waals surface area (Å²) in [6.45, 7) is 3.99. The fourth-order valence-electron chi connectivity index (χ4n) is 3.07. The lowest BCUT2D eigenvalue weighted by molar-refractivity contribution is -0.140. The van der Waals surface area contributed by atoms with Gasteiger partial charge >= 0.3 is 5.97 Å². The van der Waals surface area contributed by atoms with E-state index in [9.17, 15) is 14.4 Å². The third-order valence-corrected chi connectivity index (χ3v) is 5.77. The van der Waals surface area contributed by atoms with Gasteiger partial charge in [-0.25, -0.2) is 4.98 Å². The van der Waals surface area contributed by atoms with Crippen LogP contribution in [0.15, 0.2) is 29.1 Å². The van der Waals surface area contributed by atoms with Crippen molar-refractivity contribution in [3.63, 3.8) is 0 Å². The number of thiophene rings is 1. The first-order valence-corrected chi connectivity index (χ1v) is 9.62. The molecule has 0 radical (unpaired) electrons. The molecular weight excluding hydrogens is 378 g/mol. The number of nitrogens with zero attached hydrogens (tertiary/aromatic N) is 2. The Hall–Kier alpha value is -3.00. The molecule has 0 aliphatic rings. The molecule has 0 unspecified atom stereocenters. The van der Waals surface area contributed by atoms with Gasteiger partial charge in [0.15, 0.2) is 0 Å². The third kappa shape index (κ3) is 3.68. The first-order valence-electron chi connectivity index (χ1n) is 8.81. The smallest absolute Gasteiger partial charge is 0.305 e. The molecule has 8 heteroatoms. The molecule has 28 heavy (non-hydrogen) atoms. The van der Waals surface area contributed by atoms with Crippen LogP contribution in [0.2, 0.25) is 0 Å². The lowest BCUT2D eigenvalue weighted by Crippen LogP contribution is -2.24. The topological polar surface area (TPSA) is 104 Å². The Bertz CT molecular complexity index is 1110. The number of methoxy groups -OCH3 is 1. The first-order chi connectivity index (χ1) is 13.3. The molecule has 2 aromatic heterocycles. The summed E-state index contributed by atoms with van der Waals surface area (Å²) >= 11 is 1.13. The van der Waals surface area contributed by atoms with Gasteiger partial charge in [-0.2, -0.15) is 0 Å². The van der Waals surface area contributed by atoms with Crippen LogP contribution in [0, 0.1) is 13.8 Å². The molecule has 0 saturated heterocycles. The number of rotatable bonds is 6. The van der Waals surface area contributed by atoms with Gasteiger partial charge in [0.1, 0.15) is 10.7 Å². The highest BCUT2D eigenvalue weighted by molar-refractivity contribution is 7.20. The largest absolute Gasteiger partial charge is 0.469 e. The third-order valence-electron chi connectivity index (χ3n) is 4.57. The number of ether oxygens (including phenoxy) is 1. The molecule has 0 saturated carbocycles. The lowest BCUT2D eigenvalue weighted by atomic mass is 10.1. The van der Waals surface area contributed by atoms with E-state index in [1.54, 1.807) is 11.5 Å². The molecule has 1 amide bonds. The Labute approximate surface area is 165 Å². The Morgan fingerprint density at radius 2 is 1.89 bits per heavy atom. The standard InChI is InChI=1S/C20H21N3O4S/c1-11-6-8-13(9-7-11)18-22-19-15(12(2)16(28-19)17(21)25)20(26)23(18)10-4-5-14(24)27-3/h6-9H,4-5,10H2,1-3H3,(H2,21,25). The predicted octanol–water partition coefficient (Wildman–Crippen LogP) is 2.79. The number of aryl methyl sites for hydroxylation is 2. The number of carbonyl (C=O) groups is 2. The van der Waals surface area contributed by atoms with Crippen molar-refractivity contribution in [2.24, 2.45) is 5.73 Å². The van der Waals surface area contributed by atoms with E-state index in [4.69, 9.17) is 5.73 Å². The van der Waals surface area contributed by atoms with Crippen molar-refractivity contribution < 1.29 is 14.3 Å². The SMILES string of the molecule is COC(=O)CCCn1c(-c2ccc(C)cc2)nc2sc(C(N)=O)c(C)c2c1=O. The highest BCUT2D eigenvalue weighted by atomic mass is 32.1. The van der Waals surface area contributed by atoms with Crippen LogP contribution in [-0.2, 0) is 16.1 Å². The molecule has 3 aromatic rings. The van der Waals surface area contributed by atoms with Crippen molar-refractivity contribution in [1.82, 2.24) is 9.55 Å². The van der Waals surface area contributed by atoms with Gasteiger partial charge in [0, 0.05) is 18.5 Å². The summed E-state index contributed by atoms with van der Waals surface area (Å²) in [6, 6.07) is 7.68. The summed E-state index contributed by atoms with van der Waals surface area (Å²) in [6.07, 6.45) is 0.633. The number of nitrogens with two attached hydrogens (primary N) is 1. The fourth-order valence-corrected chi connectivity index (χ4v) is 4.09. The van der Waals surface area contributed by atoms with Crippen molar-refractivity contribution in [3.8, 4) is 11.4 Å². The average Bonchev–Trinajstić information content (AvgIpc) is 3.00. The van der Waals surface area contributed by atoms with Crippen molar-refractivity contribution in [2.45, 2.75) is 33.2 Å². The van der Waals surface area contributed by atoms with E-state index in [2.05, 4.69) is 9.72 Å². The molecular formula is C20H21N3O4S. The number of fused-ring (bicyclic) bond motifs is 1. The summed E-state index contributed by atoms with van der Waals surface area (Å²) in [5, 5.41) is 0.396. The van der Waals surface area contributed by atoms with Crippen LogP contribution in [-0.4, -0.2) is 28.5 Å². The second-order valence-corrected chi connectivity index (χ2v) is 7.54. The van der Waals surface area contributed by atoms with Gasteiger partial charge in [0.05, 0.1) is 17.4 Å². The second-order valence-electron chi connectivity index (χ2n) is 6.54. The molecule has 3 rings (SSSR count). The molecule has 2 N–H and O–H groups in total. The Balaban J connectivity index is 2.18. The van der Waals surface area contributed by atoms with Crippen LogP contribution < -0.4 is 11.3 Å². The minimum absolute atomic E-state index is 0.198. The number of hydrogen-bond acceptors (Lipinski definition) is 6. The number of benzene rings is 1. The molecule has 0 aliphatic heterocycles. The zero-order chi connectivity index (χ0) is 20.4. The zero-order valence-electron chi connectivity index (χ0n) is 15.9. The second kappa shape index (κ2) is 7.93. The van der Waals surface area contributed by atoms with E-state index in [1.165, 1.54) is 7.11 Å². The van der Waals surface area contributed by atoms with Crippen LogP contribution in [0.1, 0.15) is 33.6 Å². The van der Waals surface area contributed by atoms with Crippen LogP contribution in [0.4, 0.5) is 0 Å². The van der Waals surface area contributed by atoms with E-state index in [0.717, 1.165) is 22.5 Å². The maximum absolute atomic E-state index is 13.3. The van der Waals surface area contributed by atoms with Crippen LogP contribution in [0.25, 0.3) is 21.6 Å². The quantitative estimate of drug-likeness (QED) is 0.642. The van der Waals surface area contributed by atoms with Crippen molar-refractivity contribution in [3.05, 3.63) is 50.6 Å². The Morgan fingerprint density at radius 1 is 1.21 bits per heavy atom. The maximum atomic E-state index is 13.3.